The number of benzene rings is 4. The Kier molecular flexibility index (Phi) is 7.76. The molecular formula is C37H29F11N2. The van der Waals surface area contributed by atoms with E-state index in [2.05, 4.69) is 0 Å². The van der Waals surface area contributed by atoms with Crippen molar-refractivity contribution in [2.45, 2.75) is 69.4 Å². The molecule has 0 amide bonds. The van der Waals surface area contributed by atoms with Gasteiger partial charge in [-0.15, -0.1) is 0 Å². The number of hydrogen-bond donors (Lipinski definition) is 0. The number of nitrogens with zero attached hydrogens (tertiary/aromatic N) is 2. The minimum Gasteiger partial charge on any atom is -0.335 e. The highest BCUT2D eigenvalue weighted by Gasteiger charge is 2.67. The molecule has 0 heterocycles. The van der Waals surface area contributed by atoms with Crippen molar-refractivity contribution in [1.29, 1.82) is 0 Å². The zero-order chi connectivity index (χ0) is 36.1. The van der Waals surface area contributed by atoms with Gasteiger partial charge in [0.15, 0.2) is 23.3 Å². The molecule has 2 nitrogen and oxygen atoms in total. The van der Waals surface area contributed by atoms with Crippen LogP contribution in [0.3, 0.4) is 0 Å². The van der Waals surface area contributed by atoms with Gasteiger partial charge in [0.05, 0.1) is 11.1 Å². The van der Waals surface area contributed by atoms with Crippen molar-refractivity contribution in [2.24, 2.45) is 11.8 Å². The Morgan fingerprint density at radius 1 is 0.520 bits per heavy atom. The van der Waals surface area contributed by atoms with E-state index in [9.17, 15) is 39.5 Å². The number of aryl methyl sites for hydroxylation is 2. The topological polar surface area (TPSA) is 6.48 Å². The molecule has 4 aliphatic rings. The van der Waals surface area contributed by atoms with E-state index in [1.54, 1.807) is 6.07 Å². The number of anilines is 4. The first kappa shape index (κ1) is 34.2. The lowest BCUT2D eigenvalue weighted by molar-refractivity contribution is -0.138. The Labute approximate surface area is 280 Å². The summed E-state index contributed by atoms with van der Waals surface area (Å²) in [5.41, 5.74) is -5.32. The average molecular weight is 711 g/mol. The van der Waals surface area contributed by atoms with Crippen LogP contribution in [-0.2, 0) is 12.4 Å². The number of rotatable bonds is 6. The van der Waals surface area contributed by atoms with Gasteiger partial charge in [0.1, 0.15) is 5.69 Å². The number of alkyl halides is 6. The number of halogens is 11. The molecule has 50 heavy (non-hydrogen) atoms. The van der Waals surface area contributed by atoms with Gasteiger partial charge < -0.3 is 9.80 Å². The second kappa shape index (κ2) is 11.4. The standard InChI is InChI=1S/C37H29F11N2/c1-19-8-23(36(43,44)45)12-26(10-19)49(27-11-20(2)9-24(13-27)37(46,47)48)34-14-21-16-35(18-34,17-22(21)15-34)50(25-6-4-3-5-7-25)33-31(41)29(39)28(38)30(40)32(33)42/h3-13,21-22H,14-18H2,1-2H3. The summed E-state index contributed by atoms with van der Waals surface area (Å²) >= 11 is 0. The Morgan fingerprint density at radius 3 is 1.34 bits per heavy atom. The zero-order valence-electron chi connectivity index (χ0n) is 26.6. The maximum Gasteiger partial charge on any atom is 0.416 e. The molecule has 4 aromatic rings. The van der Waals surface area contributed by atoms with Gasteiger partial charge in [-0.25, -0.2) is 22.0 Å². The Balaban J connectivity index is 1.47. The van der Waals surface area contributed by atoms with Gasteiger partial charge >= 0.3 is 12.4 Å². The van der Waals surface area contributed by atoms with Gasteiger partial charge in [-0.05, 0) is 117 Å². The summed E-state index contributed by atoms with van der Waals surface area (Å²) < 4.78 is 160. The third-order valence-electron chi connectivity index (χ3n) is 10.6. The van der Waals surface area contributed by atoms with Crippen LogP contribution in [0.1, 0.15) is 54.4 Å². The molecule has 13 heteroatoms. The fourth-order valence-corrected chi connectivity index (χ4v) is 9.17. The molecule has 4 saturated carbocycles. The fraction of sp³-hybridized carbons (Fsp3) is 0.351. The Morgan fingerprint density at radius 2 is 0.920 bits per heavy atom. The van der Waals surface area contributed by atoms with Crippen LogP contribution in [0.4, 0.5) is 71.0 Å². The molecule has 4 bridgehead atoms. The number of hydrogen-bond acceptors (Lipinski definition) is 2. The molecule has 0 aromatic heterocycles. The summed E-state index contributed by atoms with van der Waals surface area (Å²) in [6.07, 6.45) is -8.56. The lowest BCUT2D eigenvalue weighted by atomic mass is 9.68. The summed E-state index contributed by atoms with van der Waals surface area (Å²) in [4.78, 5) is 2.61. The van der Waals surface area contributed by atoms with E-state index in [1.165, 1.54) is 55.1 Å². The van der Waals surface area contributed by atoms with E-state index in [0.29, 0.717) is 12.8 Å². The van der Waals surface area contributed by atoms with Crippen molar-refractivity contribution < 1.29 is 48.3 Å². The second-order valence-corrected chi connectivity index (χ2v) is 14.0. The molecule has 0 aliphatic heterocycles. The molecule has 2 unspecified atom stereocenters. The van der Waals surface area contributed by atoms with E-state index in [-0.39, 0.29) is 59.3 Å². The molecule has 4 aromatic carbocycles. The highest BCUT2D eigenvalue weighted by molar-refractivity contribution is 5.72. The van der Waals surface area contributed by atoms with E-state index >= 15 is 8.78 Å². The van der Waals surface area contributed by atoms with Gasteiger partial charge in [-0.1, -0.05) is 18.2 Å². The second-order valence-electron chi connectivity index (χ2n) is 14.0. The quantitative estimate of drug-likeness (QED) is 0.112. The van der Waals surface area contributed by atoms with Crippen LogP contribution in [0.2, 0.25) is 0 Å². The first-order chi connectivity index (χ1) is 23.3. The van der Waals surface area contributed by atoms with E-state index in [0.717, 1.165) is 29.2 Å². The van der Waals surface area contributed by atoms with Crippen molar-refractivity contribution in [3.63, 3.8) is 0 Å². The van der Waals surface area contributed by atoms with Crippen molar-refractivity contribution in [3.8, 4) is 0 Å². The van der Waals surface area contributed by atoms with Gasteiger partial charge in [-0.2, -0.15) is 26.3 Å². The summed E-state index contributed by atoms with van der Waals surface area (Å²) in [6.45, 7) is 2.87. The third kappa shape index (κ3) is 5.38. The molecule has 0 N–H and O–H groups in total. The van der Waals surface area contributed by atoms with Crippen molar-refractivity contribution in [3.05, 3.63) is 118 Å². The van der Waals surface area contributed by atoms with Gasteiger partial charge in [0, 0.05) is 28.1 Å². The summed E-state index contributed by atoms with van der Waals surface area (Å²) in [5.74, 6) is -11.1. The zero-order valence-corrected chi connectivity index (χ0v) is 26.6. The maximum absolute atomic E-state index is 15.7. The summed E-state index contributed by atoms with van der Waals surface area (Å²) in [7, 11) is 0. The minimum absolute atomic E-state index is 0.0318. The smallest absolute Gasteiger partial charge is 0.335 e. The third-order valence-corrected chi connectivity index (χ3v) is 10.6. The predicted molar refractivity (Wildman–Crippen MR) is 165 cm³/mol. The maximum atomic E-state index is 15.7. The highest BCUT2D eigenvalue weighted by Crippen LogP contribution is 2.68. The van der Waals surface area contributed by atoms with Crippen molar-refractivity contribution in [1.82, 2.24) is 0 Å². The summed E-state index contributed by atoms with van der Waals surface area (Å²) in [5, 5.41) is 0. The van der Waals surface area contributed by atoms with Crippen LogP contribution in [-0.4, -0.2) is 11.1 Å². The summed E-state index contributed by atoms with van der Waals surface area (Å²) in [6, 6.07) is 14.0. The van der Waals surface area contributed by atoms with Crippen LogP contribution < -0.4 is 9.80 Å². The van der Waals surface area contributed by atoms with Crippen LogP contribution in [0, 0.1) is 54.8 Å². The van der Waals surface area contributed by atoms with Crippen LogP contribution in [0.25, 0.3) is 0 Å². The SMILES string of the molecule is Cc1cc(N(c2cc(C)cc(C(F)(F)F)c2)C23CC4CC(N(c5ccccc5)c5c(F)c(F)c(F)c(F)c5F)(CC4C2)C3)cc(C(F)(F)F)c1. The van der Waals surface area contributed by atoms with Crippen LogP contribution in [0.5, 0.6) is 0 Å². The highest BCUT2D eigenvalue weighted by atomic mass is 19.4. The van der Waals surface area contributed by atoms with Crippen LogP contribution >= 0.6 is 0 Å². The van der Waals surface area contributed by atoms with Crippen molar-refractivity contribution in [2.75, 3.05) is 9.80 Å². The molecule has 2 atom stereocenters. The normalized spacial score (nSPS) is 24.3. The fourth-order valence-electron chi connectivity index (χ4n) is 9.17. The van der Waals surface area contributed by atoms with Crippen molar-refractivity contribution >= 4 is 22.7 Å². The van der Waals surface area contributed by atoms with Crippen LogP contribution in [0.15, 0.2) is 66.7 Å². The first-order valence-corrected chi connectivity index (χ1v) is 15.9. The number of para-hydroxylation sites is 1. The molecule has 4 fully saturated rings. The molecule has 4 aliphatic carbocycles. The van der Waals surface area contributed by atoms with Gasteiger partial charge in [0.25, 0.3) is 0 Å². The van der Waals surface area contributed by atoms with E-state index in [4.69, 9.17) is 0 Å². The van der Waals surface area contributed by atoms with E-state index in [1.807, 2.05) is 0 Å². The molecule has 8 rings (SSSR count). The first-order valence-electron chi connectivity index (χ1n) is 15.9. The van der Waals surface area contributed by atoms with Gasteiger partial charge in [0.2, 0.25) is 5.82 Å². The molecular weight excluding hydrogens is 681 g/mol. The monoisotopic (exact) mass is 710 g/mol. The lowest BCUT2D eigenvalue weighted by Gasteiger charge is -2.56. The molecule has 0 saturated heterocycles. The average Bonchev–Trinajstić information content (AvgIpc) is 3.44. The Hall–Kier alpha value is -4.29. The lowest BCUT2D eigenvalue weighted by Crippen LogP contribution is -2.60. The Bertz CT molecular complexity index is 1880. The minimum atomic E-state index is -4.79. The molecule has 264 valence electrons. The van der Waals surface area contributed by atoms with E-state index < -0.39 is 69.3 Å². The molecule has 0 spiro atoms. The van der Waals surface area contributed by atoms with Gasteiger partial charge in [-0.3, -0.25) is 0 Å². The molecule has 0 radical (unpaired) electrons. The predicted octanol–water partition coefficient (Wildman–Crippen LogP) is 11.7. The largest absolute Gasteiger partial charge is 0.416 e.